The SMILES string of the molecule is COc1cccc(C(=O)NC(=S)NNc2ccc([N+](=O)[O-])cc2)c1. The third-order valence-corrected chi connectivity index (χ3v) is 3.16. The quantitative estimate of drug-likeness (QED) is 0.433. The Labute approximate surface area is 142 Å². The lowest BCUT2D eigenvalue weighted by Crippen LogP contribution is -2.41. The van der Waals surface area contributed by atoms with Gasteiger partial charge in [0.2, 0.25) is 0 Å². The first-order chi connectivity index (χ1) is 11.5. The first kappa shape index (κ1) is 17.2. The number of hydrogen-bond acceptors (Lipinski definition) is 6. The maximum absolute atomic E-state index is 12.1. The van der Waals surface area contributed by atoms with Gasteiger partial charge in [-0.25, -0.2) is 0 Å². The molecule has 0 aromatic heterocycles. The molecule has 8 nitrogen and oxygen atoms in total. The number of nitrogens with one attached hydrogen (secondary N) is 3. The number of hydrazine groups is 1. The Hall–Kier alpha value is -3.20. The van der Waals surface area contributed by atoms with Gasteiger partial charge in [-0.1, -0.05) is 6.07 Å². The molecule has 1 amide bonds. The Morgan fingerprint density at radius 1 is 1.21 bits per heavy atom. The van der Waals surface area contributed by atoms with Crippen molar-refractivity contribution in [3.05, 3.63) is 64.2 Å². The van der Waals surface area contributed by atoms with Crippen molar-refractivity contribution < 1.29 is 14.5 Å². The van der Waals surface area contributed by atoms with Gasteiger partial charge in [0.05, 0.1) is 17.7 Å². The average molecular weight is 346 g/mol. The number of methoxy groups -OCH3 is 1. The number of hydrogen-bond donors (Lipinski definition) is 3. The molecule has 0 unspecified atom stereocenters. The van der Waals surface area contributed by atoms with Crippen LogP contribution in [-0.2, 0) is 0 Å². The van der Waals surface area contributed by atoms with E-state index in [1.807, 2.05) is 0 Å². The molecule has 2 aromatic carbocycles. The number of thiocarbonyl (C=S) groups is 1. The molecule has 124 valence electrons. The summed E-state index contributed by atoms with van der Waals surface area (Å²) in [6.07, 6.45) is 0. The lowest BCUT2D eigenvalue weighted by Gasteiger charge is -2.12. The van der Waals surface area contributed by atoms with Crippen LogP contribution < -0.4 is 20.9 Å². The van der Waals surface area contributed by atoms with Gasteiger partial charge in [0.15, 0.2) is 5.11 Å². The highest BCUT2D eigenvalue weighted by atomic mass is 32.1. The molecule has 0 aliphatic rings. The molecule has 0 heterocycles. The van der Waals surface area contributed by atoms with E-state index < -0.39 is 10.8 Å². The normalized spacial score (nSPS) is 9.71. The topological polar surface area (TPSA) is 106 Å². The summed E-state index contributed by atoms with van der Waals surface area (Å²) in [5.74, 6) is 0.169. The largest absolute Gasteiger partial charge is 0.497 e. The molecule has 0 radical (unpaired) electrons. The Balaban J connectivity index is 1.88. The third-order valence-electron chi connectivity index (χ3n) is 2.96. The van der Waals surface area contributed by atoms with E-state index in [4.69, 9.17) is 17.0 Å². The molecule has 0 saturated carbocycles. The van der Waals surface area contributed by atoms with Gasteiger partial charge in [-0.15, -0.1) is 0 Å². The maximum atomic E-state index is 12.1. The second kappa shape index (κ2) is 7.88. The number of ether oxygens (including phenoxy) is 1. The molecule has 3 N–H and O–H groups in total. The van der Waals surface area contributed by atoms with Crippen molar-refractivity contribution in [2.24, 2.45) is 0 Å². The fourth-order valence-electron chi connectivity index (χ4n) is 1.77. The average Bonchev–Trinajstić information content (AvgIpc) is 2.60. The summed E-state index contributed by atoms with van der Waals surface area (Å²) in [6.45, 7) is 0. The number of anilines is 1. The molecule has 0 atom stereocenters. The predicted octanol–water partition coefficient (Wildman–Crippen LogP) is 2.23. The van der Waals surface area contributed by atoms with Gasteiger partial charge >= 0.3 is 0 Å². The minimum atomic E-state index is -0.490. The number of carbonyl (C=O) groups excluding carboxylic acids is 1. The maximum Gasteiger partial charge on any atom is 0.269 e. The van der Waals surface area contributed by atoms with E-state index in [1.165, 1.54) is 31.4 Å². The van der Waals surface area contributed by atoms with Crippen LogP contribution in [0.25, 0.3) is 0 Å². The van der Waals surface area contributed by atoms with E-state index in [0.29, 0.717) is 17.0 Å². The molecular formula is C15H14N4O4S. The van der Waals surface area contributed by atoms with E-state index in [1.54, 1.807) is 24.3 Å². The Morgan fingerprint density at radius 3 is 2.54 bits per heavy atom. The number of carbonyl (C=O) groups is 1. The Bertz CT molecular complexity index is 764. The van der Waals surface area contributed by atoms with Crippen molar-refractivity contribution in [1.82, 2.24) is 10.7 Å². The summed E-state index contributed by atoms with van der Waals surface area (Å²) in [5, 5.41) is 13.1. The molecule has 0 spiro atoms. The van der Waals surface area contributed by atoms with E-state index in [-0.39, 0.29) is 10.8 Å². The third kappa shape index (κ3) is 4.65. The number of rotatable bonds is 5. The molecule has 2 rings (SSSR count). The van der Waals surface area contributed by atoms with Crippen LogP contribution in [0.15, 0.2) is 48.5 Å². The first-order valence-electron chi connectivity index (χ1n) is 6.75. The van der Waals surface area contributed by atoms with Crippen LogP contribution in [0.1, 0.15) is 10.4 Å². The van der Waals surface area contributed by atoms with Crippen LogP contribution in [-0.4, -0.2) is 23.1 Å². The highest BCUT2D eigenvalue weighted by molar-refractivity contribution is 7.80. The second-order valence-corrected chi connectivity index (χ2v) is 4.98. The number of nitro groups is 1. The molecular weight excluding hydrogens is 332 g/mol. The highest BCUT2D eigenvalue weighted by Crippen LogP contribution is 2.14. The summed E-state index contributed by atoms with van der Waals surface area (Å²) in [6, 6.07) is 12.4. The fraction of sp³-hybridized carbons (Fsp3) is 0.0667. The number of non-ortho nitro benzene ring substituents is 1. The molecule has 24 heavy (non-hydrogen) atoms. The lowest BCUT2D eigenvalue weighted by molar-refractivity contribution is -0.384. The van der Waals surface area contributed by atoms with E-state index in [9.17, 15) is 14.9 Å². The Morgan fingerprint density at radius 2 is 1.92 bits per heavy atom. The lowest BCUT2D eigenvalue weighted by atomic mass is 10.2. The van der Waals surface area contributed by atoms with Gasteiger partial charge in [-0.2, -0.15) is 0 Å². The summed E-state index contributed by atoms with van der Waals surface area (Å²) >= 11 is 5.01. The molecule has 9 heteroatoms. The molecule has 0 aliphatic heterocycles. The van der Waals surface area contributed by atoms with E-state index >= 15 is 0 Å². The van der Waals surface area contributed by atoms with Crippen LogP contribution in [0.5, 0.6) is 5.75 Å². The summed E-state index contributed by atoms with van der Waals surface area (Å²) in [4.78, 5) is 22.1. The molecule has 0 aliphatic carbocycles. The molecule has 0 bridgehead atoms. The number of nitro benzene ring substituents is 1. The first-order valence-corrected chi connectivity index (χ1v) is 7.16. The van der Waals surface area contributed by atoms with Crippen molar-refractivity contribution in [2.75, 3.05) is 12.5 Å². The van der Waals surface area contributed by atoms with Gasteiger partial charge in [-0.05, 0) is 42.5 Å². The Kier molecular flexibility index (Phi) is 5.63. The van der Waals surface area contributed by atoms with Gasteiger partial charge in [0.25, 0.3) is 11.6 Å². The predicted molar refractivity (Wildman–Crippen MR) is 92.9 cm³/mol. The molecule has 0 saturated heterocycles. The van der Waals surface area contributed by atoms with E-state index in [2.05, 4.69) is 16.2 Å². The smallest absolute Gasteiger partial charge is 0.269 e. The van der Waals surface area contributed by atoms with Crippen molar-refractivity contribution >= 4 is 34.6 Å². The van der Waals surface area contributed by atoms with Crippen LogP contribution in [0, 0.1) is 10.1 Å². The van der Waals surface area contributed by atoms with Crippen molar-refractivity contribution in [2.45, 2.75) is 0 Å². The number of amides is 1. The molecule has 2 aromatic rings. The minimum absolute atomic E-state index is 0.0190. The van der Waals surface area contributed by atoms with Crippen molar-refractivity contribution in [3.8, 4) is 5.75 Å². The van der Waals surface area contributed by atoms with Gasteiger partial charge in [0, 0.05) is 17.7 Å². The summed E-state index contributed by atoms with van der Waals surface area (Å²) in [7, 11) is 1.51. The van der Waals surface area contributed by atoms with E-state index in [0.717, 1.165) is 0 Å². The summed E-state index contributed by atoms with van der Waals surface area (Å²) in [5.41, 5.74) is 6.29. The minimum Gasteiger partial charge on any atom is -0.497 e. The van der Waals surface area contributed by atoms with Crippen LogP contribution in [0.3, 0.4) is 0 Å². The zero-order chi connectivity index (χ0) is 17.5. The van der Waals surface area contributed by atoms with Gasteiger partial charge in [0.1, 0.15) is 5.75 Å². The zero-order valence-corrected chi connectivity index (χ0v) is 13.4. The highest BCUT2D eigenvalue weighted by Gasteiger charge is 2.09. The monoisotopic (exact) mass is 346 g/mol. The standard InChI is InChI=1S/C15H14N4O4S/c1-23-13-4-2-3-10(9-13)14(20)16-15(24)18-17-11-5-7-12(8-6-11)19(21)22/h2-9,17H,1H3,(H2,16,18,20,24). The van der Waals surface area contributed by atoms with Crippen LogP contribution in [0.2, 0.25) is 0 Å². The van der Waals surface area contributed by atoms with Crippen molar-refractivity contribution in [3.63, 3.8) is 0 Å². The molecule has 0 fully saturated rings. The fourth-order valence-corrected chi connectivity index (χ4v) is 1.91. The number of benzene rings is 2. The second-order valence-electron chi connectivity index (χ2n) is 4.57. The van der Waals surface area contributed by atoms with Gasteiger partial charge < -0.3 is 4.74 Å². The zero-order valence-electron chi connectivity index (χ0n) is 12.6. The van der Waals surface area contributed by atoms with Crippen LogP contribution in [0.4, 0.5) is 11.4 Å². The van der Waals surface area contributed by atoms with Crippen LogP contribution >= 0.6 is 12.2 Å². The number of nitrogens with zero attached hydrogens (tertiary/aromatic N) is 1. The van der Waals surface area contributed by atoms with Gasteiger partial charge in [-0.3, -0.25) is 31.1 Å². The van der Waals surface area contributed by atoms with Crippen molar-refractivity contribution in [1.29, 1.82) is 0 Å². The summed E-state index contributed by atoms with van der Waals surface area (Å²) < 4.78 is 5.05.